The van der Waals surface area contributed by atoms with Gasteiger partial charge in [-0.15, -0.1) is 11.3 Å². The summed E-state index contributed by atoms with van der Waals surface area (Å²) in [6.07, 6.45) is 1.72. The molecule has 2 N–H and O–H groups in total. The number of piperazine rings is 1. The molecule has 0 saturated carbocycles. The van der Waals surface area contributed by atoms with Crippen molar-refractivity contribution >= 4 is 45.0 Å². The molecule has 0 unspecified atom stereocenters. The number of fused-ring (bicyclic) bond motifs is 1. The highest BCUT2D eigenvalue weighted by molar-refractivity contribution is 9.10. The van der Waals surface area contributed by atoms with Gasteiger partial charge in [0.25, 0.3) is 0 Å². The Morgan fingerprint density at radius 3 is 2.75 bits per heavy atom. The Bertz CT molecular complexity index is 1010. The molecule has 11 heteroatoms. The Balaban J connectivity index is 0.000000305. The van der Waals surface area contributed by atoms with Crippen molar-refractivity contribution in [1.29, 1.82) is 0 Å². The van der Waals surface area contributed by atoms with Crippen molar-refractivity contribution in [3.63, 3.8) is 0 Å². The maximum atomic E-state index is 12.3. The Labute approximate surface area is 197 Å². The fourth-order valence-corrected chi connectivity index (χ4v) is 4.27. The van der Waals surface area contributed by atoms with Crippen LogP contribution < -0.4 is 5.73 Å². The molecule has 0 atom stereocenters. The maximum Gasteiger partial charge on any atom is 0.337 e. The number of nitrogens with two attached hydrogens (primary N) is 1. The van der Waals surface area contributed by atoms with E-state index in [9.17, 15) is 14.0 Å². The summed E-state index contributed by atoms with van der Waals surface area (Å²) in [4.78, 5) is 36.7. The number of amidine groups is 1. The SMILES string of the molecule is CCOC(=O)C1=C2CN(C(=O)CN)CCN2C(c2nccs2)=NC1.Fc1cccc(Br)c1. The molecule has 0 aliphatic carbocycles. The molecule has 8 nitrogen and oxygen atoms in total. The monoisotopic (exact) mass is 523 g/mol. The molecule has 0 radical (unpaired) electrons. The van der Waals surface area contributed by atoms with E-state index in [1.54, 1.807) is 30.2 Å². The highest BCUT2D eigenvalue weighted by atomic mass is 79.9. The number of thiazole rings is 1. The quantitative estimate of drug-likeness (QED) is 0.617. The Morgan fingerprint density at radius 2 is 2.16 bits per heavy atom. The van der Waals surface area contributed by atoms with Crippen LogP contribution in [0, 0.1) is 5.82 Å². The van der Waals surface area contributed by atoms with Gasteiger partial charge in [0.1, 0.15) is 5.82 Å². The predicted molar refractivity (Wildman–Crippen MR) is 124 cm³/mol. The lowest BCUT2D eigenvalue weighted by Gasteiger charge is -2.40. The van der Waals surface area contributed by atoms with Gasteiger partial charge in [0.2, 0.25) is 5.91 Å². The average Bonchev–Trinajstić information content (AvgIpc) is 3.32. The summed E-state index contributed by atoms with van der Waals surface area (Å²) >= 11 is 4.62. The van der Waals surface area contributed by atoms with Crippen LogP contribution in [0.2, 0.25) is 0 Å². The second-order valence-corrected chi connectivity index (χ2v) is 8.54. The molecule has 1 saturated heterocycles. The number of nitrogens with zero attached hydrogens (tertiary/aromatic N) is 4. The van der Waals surface area contributed by atoms with E-state index in [0.717, 1.165) is 21.0 Å². The van der Waals surface area contributed by atoms with Crippen LogP contribution in [0.3, 0.4) is 0 Å². The summed E-state index contributed by atoms with van der Waals surface area (Å²) < 4.78 is 18.1. The lowest BCUT2D eigenvalue weighted by molar-refractivity contribution is -0.139. The largest absolute Gasteiger partial charge is 0.463 e. The van der Waals surface area contributed by atoms with Crippen LogP contribution in [0.5, 0.6) is 0 Å². The van der Waals surface area contributed by atoms with E-state index in [4.69, 9.17) is 10.5 Å². The zero-order valence-electron chi connectivity index (χ0n) is 17.5. The fraction of sp³-hybridized carbons (Fsp3) is 0.333. The third-order valence-corrected chi connectivity index (χ3v) is 5.97. The molecular formula is C21H23BrFN5O3S. The smallest absolute Gasteiger partial charge is 0.337 e. The average molecular weight is 524 g/mol. The molecule has 1 aromatic heterocycles. The molecule has 32 heavy (non-hydrogen) atoms. The second kappa shape index (κ2) is 11.3. The van der Waals surface area contributed by atoms with Crippen LogP contribution >= 0.6 is 27.3 Å². The number of hydrogen-bond acceptors (Lipinski definition) is 8. The van der Waals surface area contributed by atoms with Crippen LogP contribution in [-0.2, 0) is 14.3 Å². The van der Waals surface area contributed by atoms with Crippen molar-refractivity contribution < 1.29 is 18.7 Å². The number of halogens is 2. The number of hydrogen-bond donors (Lipinski definition) is 1. The predicted octanol–water partition coefficient (Wildman–Crippen LogP) is 2.41. The molecule has 1 aromatic carbocycles. The normalized spacial score (nSPS) is 15.4. The molecule has 2 aromatic rings. The third-order valence-electron chi connectivity index (χ3n) is 4.71. The van der Waals surface area contributed by atoms with Crippen molar-refractivity contribution in [3.05, 3.63) is 62.4 Å². The highest BCUT2D eigenvalue weighted by Crippen LogP contribution is 2.26. The van der Waals surface area contributed by atoms with E-state index in [-0.39, 0.29) is 30.8 Å². The zero-order valence-corrected chi connectivity index (χ0v) is 19.9. The first kappa shape index (κ1) is 24.0. The molecule has 3 heterocycles. The van der Waals surface area contributed by atoms with Gasteiger partial charge in [-0.05, 0) is 25.1 Å². The number of esters is 1. The van der Waals surface area contributed by atoms with E-state index >= 15 is 0 Å². The minimum absolute atomic E-state index is 0.0462. The standard InChI is InChI=1S/C15H19N5O3S.C6H4BrF/c1-2-23-15(22)10-8-18-13(14-17-3-6-24-14)20-5-4-19(9-11(10)20)12(21)7-16;7-5-2-1-3-6(8)4-5/h3,6H,2,4-5,7-9,16H2,1H3;1-4H. The molecule has 0 bridgehead atoms. The Morgan fingerprint density at radius 1 is 1.34 bits per heavy atom. The van der Waals surface area contributed by atoms with Gasteiger partial charge in [-0.3, -0.25) is 9.79 Å². The van der Waals surface area contributed by atoms with Gasteiger partial charge in [-0.2, -0.15) is 0 Å². The summed E-state index contributed by atoms with van der Waals surface area (Å²) in [5, 5.41) is 2.69. The molecule has 4 rings (SSSR count). The Hall–Kier alpha value is -2.63. The van der Waals surface area contributed by atoms with Gasteiger partial charge in [0.05, 0.1) is 37.5 Å². The van der Waals surface area contributed by atoms with Gasteiger partial charge in [-0.1, -0.05) is 22.0 Å². The van der Waals surface area contributed by atoms with Crippen molar-refractivity contribution in [2.24, 2.45) is 10.7 Å². The number of rotatable bonds is 4. The van der Waals surface area contributed by atoms with Gasteiger partial charge in [0, 0.05) is 29.1 Å². The van der Waals surface area contributed by atoms with Gasteiger partial charge in [0.15, 0.2) is 10.8 Å². The topological polar surface area (TPSA) is 101 Å². The second-order valence-electron chi connectivity index (χ2n) is 6.73. The number of carbonyl (C=O) groups excluding carboxylic acids is 2. The van der Waals surface area contributed by atoms with Crippen LogP contribution in [0.1, 0.15) is 11.9 Å². The van der Waals surface area contributed by atoms with Gasteiger partial charge >= 0.3 is 5.97 Å². The number of carbonyl (C=O) groups is 2. The van der Waals surface area contributed by atoms with E-state index in [2.05, 4.69) is 25.9 Å². The number of aromatic nitrogens is 1. The third kappa shape index (κ3) is 5.78. The lowest BCUT2D eigenvalue weighted by Crippen LogP contribution is -2.53. The van der Waals surface area contributed by atoms with Crippen molar-refractivity contribution in [2.75, 3.05) is 39.3 Å². The first-order valence-electron chi connectivity index (χ1n) is 9.94. The zero-order chi connectivity index (χ0) is 23.1. The van der Waals surface area contributed by atoms with Crippen LogP contribution in [0.25, 0.3) is 0 Å². The van der Waals surface area contributed by atoms with E-state index < -0.39 is 0 Å². The minimum atomic E-state index is -0.388. The number of ether oxygens (including phenoxy) is 1. The van der Waals surface area contributed by atoms with Crippen LogP contribution in [-0.4, -0.2) is 71.8 Å². The summed E-state index contributed by atoms with van der Waals surface area (Å²) in [5.74, 6) is 0.0115. The molecule has 1 amide bonds. The first-order valence-corrected chi connectivity index (χ1v) is 11.6. The summed E-state index contributed by atoms with van der Waals surface area (Å²) in [7, 11) is 0. The lowest BCUT2D eigenvalue weighted by atomic mass is 10.1. The summed E-state index contributed by atoms with van der Waals surface area (Å²) in [6.45, 7) is 3.64. The van der Waals surface area contributed by atoms with Crippen LogP contribution in [0.15, 0.2) is 56.6 Å². The Kier molecular flexibility index (Phi) is 8.48. The first-order chi connectivity index (χ1) is 15.4. The van der Waals surface area contributed by atoms with Crippen molar-refractivity contribution in [2.45, 2.75) is 6.92 Å². The molecule has 170 valence electrons. The van der Waals surface area contributed by atoms with E-state index in [1.165, 1.54) is 23.5 Å². The maximum absolute atomic E-state index is 12.3. The molecular weight excluding hydrogens is 501 g/mol. The fourth-order valence-electron chi connectivity index (χ4n) is 3.24. The van der Waals surface area contributed by atoms with Gasteiger partial charge < -0.3 is 20.3 Å². The number of benzene rings is 1. The molecule has 2 aliphatic rings. The minimum Gasteiger partial charge on any atom is -0.463 e. The van der Waals surface area contributed by atoms with Gasteiger partial charge in [-0.25, -0.2) is 14.2 Å². The summed E-state index contributed by atoms with van der Waals surface area (Å²) in [6, 6.07) is 6.26. The van der Waals surface area contributed by atoms with Crippen LogP contribution in [0.4, 0.5) is 4.39 Å². The number of amides is 1. The van der Waals surface area contributed by atoms with Crippen molar-refractivity contribution in [3.8, 4) is 0 Å². The van der Waals surface area contributed by atoms with Crippen molar-refractivity contribution in [1.82, 2.24) is 14.8 Å². The van der Waals surface area contributed by atoms with E-state index in [0.29, 0.717) is 31.8 Å². The highest BCUT2D eigenvalue weighted by Gasteiger charge is 2.35. The summed E-state index contributed by atoms with van der Waals surface area (Å²) in [5.41, 5.74) is 6.72. The molecule has 1 fully saturated rings. The molecule has 0 spiro atoms. The van der Waals surface area contributed by atoms with E-state index in [1.807, 2.05) is 10.3 Å². The number of aliphatic imine (C=N–C) groups is 1. The molecule has 2 aliphatic heterocycles.